The van der Waals surface area contributed by atoms with Crippen molar-refractivity contribution in [2.24, 2.45) is 0 Å². The number of halogens is 1. The molecule has 0 aliphatic heterocycles. The molecule has 0 aliphatic rings. The fourth-order valence-corrected chi connectivity index (χ4v) is 3.78. The molecule has 2 aromatic carbocycles. The summed E-state index contributed by atoms with van der Waals surface area (Å²) in [6.07, 6.45) is 0. The van der Waals surface area contributed by atoms with E-state index < -0.39 is 0 Å². The number of aryl methyl sites for hydroxylation is 2. The monoisotopic (exact) mass is 480 g/mol. The van der Waals surface area contributed by atoms with Crippen LogP contribution < -0.4 is 4.74 Å². The molecule has 0 bridgehead atoms. The molecule has 0 aromatic heterocycles. The minimum absolute atomic E-state index is 0. The number of ether oxygens (including phenoxy) is 1. The Bertz CT molecular complexity index is 980. The number of benzene rings is 2. The van der Waals surface area contributed by atoms with E-state index >= 15 is 0 Å². The molecule has 2 aromatic rings. The first-order valence-electron chi connectivity index (χ1n) is 10.2. The number of carbonyl (C=O) groups is 1. The molecule has 0 atom stereocenters. The number of phenols is 1. The molecule has 0 heterocycles. The van der Waals surface area contributed by atoms with Gasteiger partial charge in [-0.25, -0.2) is 0 Å². The predicted octanol–water partition coefficient (Wildman–Crippen LogP) is 7.23. The predicted molar refractivity (Wildman–Crippen MR) is 128 cm³/mol. The van der Waals surface area contributed by atoms with Gasteiger partial charge in [-0.3, -0.25) is 4.79 Å². The van der Waals surface area contributed by atoms with Crippen molar-refractivity contribution in [3.8, 4) is 22.6 Å². The van der Waals surface area contributed by atoms with Crippen molar-refractivity contribution >= 4 is 18.4 Å². The molecule has 0 spiro atoms. The van der Waals surface area contributed by atoms with Crippen LogP contribution in [0.5, 0.6) is 11.5 Å². The van der Waals surface area contributed by atoms with Gasteiger partial charge in [-0.1, -0.05) is 53.7 Å². The van der Waals surface area contributed by atoms with E-state index in [2.05, 4.69) is 67.5 Å². The molecular weight excluding hydrogens is 444 g/mol. The van der Waals surface area contributed by atoms with Gasteiger partial charge in [0.25, 0.3) is 0 Å². The summed E-state index contributed by atoms with van der Waals surface area (Å²) in [4.78, 5) is 12.1. The minimum atomic E-state index is -0.360. The smallest absolute Gasteiger partial charge is 0.308 e. The number of rotatable bonds is 2. The van der Waals surface area contributed by atoms with Crippen molar-refractivity contribution in [2.75, 3.05) is 0 Å². The number of hydrogen-bond acceptors (Lipinski definition) is 3. The van der Waals surface area contributed by atoms with Crippen LogP contribution >= 0.6 is 12.4 Å². The van der Waals surface area contributed by atoms with Crippen molar-refractivity contribution in [2.45, 2.75) is 87.0 Å². The van der Waals surface area contributed by atoms with E-state index in [0.29, 0.717) is 5.75 Å². The molecule has 31 heavy (non-hydrogen) atoms. The van der Waals surface area contributed by atoms with Gasteiger partial charge < -0.3 is 9.84 Å². The quantitative estimate of drug-likeness (QED) is 0.280. The van der Waals surface area contributed by atoms with Crippen LogP contribution in [0.3, 0.4) is 0 Å². The normalized spacial score (nSPS) is 11.5. The first-order chi connectivity index (χ1) is 13.1. The van der Waals surface area contributed by atoms with E-state index in [1.165, 1.54) is 6.92 Å². The molecule has 5 heteroatoms. The standard InChI is InChI=1S/C26H36O3.ClH.Ti/c1-14-12-19(25(6,7)8)23(28)21(16(14)3)22-17(4)15(2)13-20(26(9,10)11)24(22)29-18(5)27;;/h12-13,28H,1-11H3;1H;. The Hall–Kier alpha value is -1.29. The van der Waals surface area contributed by atoms with Gasteiger partial charge in [0.2, 0.25) is 0 Å². The molecule has 2 rings (SSSR count). The number of esters is 1. The van der Waals surface area contributed by atoms with Crippen LogP contribution in [0.4, 0.5) is 0 Å². The van der Waals surface area contributed by atoms with E-state index in [1.54, 1.807) is 0 Å². The van der Waals surface area contributed by atoms with E-state index in [1.807, 2.05) is 13.8 Å². The Morgan fingerprint density at radius 2 is 1.19 bits per heavy atom. The SMILES string of the molecule is CC(=O)Oc1c(C(C)(C)C)cc(C)c(C)c1-c1c(C)c(C)cc(C(C)(C)C)c1O.Cl.[Ti]. The molecule has 170 valence electrons. The van der Waals surface area contributed by atoms with E-state index in [9.17, 15) is 9.90 Å². The number of aromatic hydroxyl groups is 1. The second kappa shape index (κ2) is 10.1. The fourth-order valence-electron chi connectivity index (χ4n) is 3.78. The van der Waals surface area contributed by atoms with Crippen LogP contribution in [0.2, 0.25) is 0 Å². The zero-order chi connectivity index (χ0) is 22.5. The number of phenolic OH excluding ortho intramolecular Hbond substituents is 1. The van der Waals surface area contributed by atoms with Crippen molar-refractivity contribution < 1.29 is 36.4 Å². The van der Waals surface area contributed by atoms with Crippen molar-refractivity contribution in [3.63, 3.8) is 0 Å². The second-order valence-electron chi connectivity index (χ2n) is 10.3. The first-order valence-corrected chi connectivity index (χ1v) is 10.2. The maximum absolute atomic E-state index is 12.1. The van der Waals surface area contributed by atoms with Gasteiger partial charge in [-0.05, 0) is 60.8 Å². The molecule has 0 saturated carbocycles. The number of carbonyl (C=O) groups excluding carboxylic acids is 1. The Labute approximate surface area is 209 Å². The van der Waals surface area contributed by atoms with Crippen molar-refractivity contribution in [3.05, 3.63) is 45.5 Å². The molecule has 1 N–H and O–H groups in total. The molecule has 0 radical (unpaired) electrons. The van der Waals surface area contributed by atoms with Crippen LogP contribution in [0.25, 0.3) is 11.1 Å². The van der Waals surface area contributed by atoms with Gasteiger partial charge in [-0.2, -0.15) is 0 Å². The molecule has 3 nitrogen and oxygen atoms in total. The summed E-state index contributed by atoms with van der Waals surface area (Å²) in [5.41, 5.74) is 7.21. The zero-order valence-corrected chi connectivity index (χ0v) is 23.2. The molecule has 0 unspecified atom stereocenters. The van der Waals surface area contributed by atoms with Crippen LogP contribution in [-0.2, 0) is 37.3 Å². The third kappa shape index (κ3) is 5.94. The summed E-state index contributed by atoms with van der Waals surface area (Å²) in [7, 11) is 0. The van der Waals surface area contributed by atoms with Gasteiger partial charge in [0.05, 0.1) is 0 Å². The zero-order valence-electron chi connectivity index (χ0n) is 20.8. The van der Waals surface area contributed by atoms with Crippen LogP contribution in [-0.4, -0.2) is 11.1 Å². The molecule has 0 saturated heterocycles. The fraction of sp³-hybridized carbons (Fsp3) is 0.500. The van der Waals surface area contributed by atoms with Gasteiger partial charge in [0.1, 0.15) is 11.5 Å². The summed E-state index contributed by atoms with van der Waals surface area (Å²) >= 11 is 0. The topological polar surface area (TPSA) is 46.5 Å². The molecule has 0 aliphatic carbocycles. The summed E-state index contributed by atoms with van der Waals surface area (Å²) < 4.78 is 5.82. The Morgan fingerprint density at radius 1 is 0.806 bits per heavy atom. The van der Waals surface area contributed by atoms with Gasteiger partial charge in [0.15, 0.2) is 0 Å². The molecular formula is C26H37ClO3Ti. The number of hydrogen-bond donors (Lipinski definition) is 1. The Kier molecular flexibility index (Phi) is 9.69. The van der Waals surface area contributed by atoms with E-state index in [-0.39, 0.29) is 56.7 Å². The largest absolute Gasteiger partial charge is 0.507 e. The second-order valence-corrected chi connectivity index (χ2v) is 10.3. The first kappa shape index (κ1) is 29.7. The van der Waals surface area contributed by atoms with Crippen molar-refractivity contribution in [1.29, 1.82) is 0 Å². The summed E-state index contributed by atoms with van der Waals surface area (Å²) in [6.45, 7) is 22.2. The average Bonchev–Trinajstić information content (AvgIpc) is 2.54. The molecule has 0 amide bonds. The third-order valence-electron chi connectivity index (χ3n) is 5.73. The summed E-state index contributed by atoms with van der Waals surface area (Å²) in [5.74, 6) is 0.459. The van der Waals surface area contributed by atoms with Crippen LogP contribution in [0, 0.1) is 27.7 Å². The minimum Gasteiger partial charge on any atom is -0.507 e. The summed E-state index contributed by atoms with van der Waals surface area (Å²) in [6, 6.07) is 4.17. The van der Waals surface area contributed by atoms with Crippen LogP contribution in [0.15, 0.2) is 12.1 Å². The Balaban J connectivity index is 0.00000450. The van der Waals surface area contributed by atoms with Gasteiger partial charge in [0, 0.05) is 50.9 Å². The third-order valence-corrected chi connectivity index (χ3v) is 5.73. The van der Waals surface area contributed by atoms with Gasteiger partial charge in [-0.15, -0.1) is 12.4 Å². The van der Waals surface area contributed by atoms with E-state index in [4.69, 9.17) is 4.74 Å². The van der Waals surface area contributed by atoms with Crippen LogP contribution in [0.1, 0.15) is 81.8 Å². The Morgan fingerprint density at radius 3 is 1.58 bits per heavy atom. The van der Waals surface area contributed by atoms with Gasteiger partial charge >= 0.3 is 5.97 Å². The molecule has 0 fully saturated rings. The van der Waals surface area contributed by atoms with Crippen molar-refractivity contribution in [1.82, 2.24) is 0 Å². The summed E-state index contributed by atoms with van der Waals surface area (Å²) in [5, 5.41) is 11.4. The maximum atomic E-state index is 12.1. The average molecular weight is 481 g/mol. The maximum Gasteiger partial charge on any atom is 0.308 e. The van der Waals surface area contributed by atoms with E-state index in [0.717, 1.165) is 44.5 Å².